The average molecular weight is 155 g/mol. The van der Waals surface area contributed by atoms with Crippen molar-refractivity contribution in [1.29, 1.82) is 0 Å². The van der Waals surface area contributed by atoms with Crippen LogP contribution in [0.1, 0.15) is 6.92 Å². The van der Waals surface area contributed by atoms with E-state index in [4.69, 9.17) is 5.11 Å². The molecule has 0 spiro atoms. The molecule has 2 aliphatic rings. The van der Waals surface area contributed by atoms with E-state index >= 15 is 0 Å². The molecule has 0 bridgehead atoms. The molecule has 11 heavy (non-hydrogen) atoms. The van der Waals surface area contributed by atoms with Crippen molar-refractivity contribution in [1.82, 2.24) is 4.90 Å². The van der Waals surface area contributed by atoms with Gasteiger partial charge in [-0.1, -0.05) is 6.92 Å². The van der Waals surface area contributed by atoms with Gasteiger partial charge in [0.15, 0.2) is 0 Å². The minimum absolute atomic E-state index is 0.118. The van der Waals surface area contributed by atoms with E-state index in [1.165, 1.54) is 0 Å². The molecule has 0 aromatic heterocycles. The summed E-state index contributed by atoms with van der Waals surface area (Å²) < 4.78 is 0. The summed E-state index contributed by atoms with van der Waals surface area (Å²) in [7, 11) is 0. The number of carbonyl (C=O) groups is 1. The topological polar surface area (TPSA) is 40.5 Å². The fraction of sp³-hybridized carbons (Fsp3) is 0.875. The minimum Gasteiger partial charge on any atom is -0.394 e. The molecule has 2 rings (SSSR count). The molecule has 1 aliphatic carbocycles. The van der Waals surface area contributed by atoms with Crippen LogP contribution in [-0.2, 0) is 4.79 Å². The first-order chi connectivity index (χ1) is 5.29. The predicted molar refractivity (Wildman–Crippen MR) is 39.8 cm³/mol. The Hall–Kier alpha value is -0.570. The summed E-state index contributed by atoms with van der Waals surface area (Å²) in [5, 5.41) is 8.98. The lowest BCUT2D eigenvalue weighted by molar-refractivity contribution is -0.120. The summed E-state index contributed by atoms with van der Waals surface area (Å²) in [6.07, 6.45) is 0.861. The first-order valence-corrected chi connectivity index (χ1v) is 4.11. The van der Waals surface area contributed by atoms with E-state index in [1.54, 1.807) is 4.90 Å². The van der Waals surface area contributed by atoms with Crippen molar-refractivity contribution in [2.45, 2.75) is 13.0 Å². The molecule has 1 saturated carbocycles. The molecule has 0 aromatic rings. The molecule has 1 amide bonds. The molecule has 1 saturated heterocycles. The van der Waals surface area contributed by atoms with Crippen molar-refractivity contribution in [2.75, 3.05) is 13.2 Å². The number of piperidine rings is 1. The van der Waals surface area contributed by atoms with E-state index in [0.29, 0.717) is 11.8 Å². The maximum Gasteiger partial charge on any atom is 0.210 e. The molecular weight excluding hydrogens is 142 g/mol. The zero-order valence-electron chi connectivity index (χ0n) is 6.60. The lowest BCUT2D eigenvalue weighted by atomic mass is 10.2. The molecule has 2 fully saturated rings. The van der Waals surface area contributed by atoms with E-state index in [-0.39, 0.29) is 12.6 Å². The van der Waals surface area contributed by atoms with Crippen LogP contribution in [0.5, 0.6) is 0 Å². The Labute approximate surface area is 66.0 Å². The molecular formula is C8H13NO2. The van der Waals surface area contributed by atoms with Crippen LogP contribution >= 0.6 is 0 Å². The standard InChI is InChI=1S/C8H13NO2/c1-5-6-2-9(4-11)7(3-10)8(5)6/h4-8,10H,2-3H2,1H3. The summed E-state index contributed by atoms with van der Waals surface area (Å²) in [5.41, 5.74) is 0. The third-order valence-electron chi connectivity index (χ3n) is 3.25. The fourth-order valence-electron chi connectivity index (χ4n) is 2.45. The summed E-state index contributed by atoms with van der Waals surface area (Å²) >= 11 is 0. The van der Waals surface area contributed by atoms with Gasteiger partial charge in [-0.05, 0) is 17.8 Å². The van der Waals surface area contributed by atoms with Gasteiger partial charge in [-0.15, -0.1) is 0 Å². The number of aliphatic hydroxyl groups excluding tert-OH is 1. The first-order valence-electron chi connectivity index (χ1n) is 4.11. The van der Waals surface area contributed by atoms with Gasteiger partial charge in [0.2, 0.25) is 6.41 Å². The van der Waals surface area contributed by atoms with Crippen molar-refractivity contribution in [3.8, 4) is 0 Å². The summed E-state index contributed by atoms with van der Waals surface area (Å²) in [6, 6.07) is 0.118. The first kappa shape index (κ1) is 7.10. The third kappa shape index (κ3) is 0.805. The lowest BCUT2D eigenvalue weighted by Gasteiger charge is -2.21. The van der Waals surface area contributed by atoms with Crippen LogP contribution in [0, 0.1) is 17.8 Å². The number of hydrogen-bond acceptors (Lipinski definition) is 2. The highest BCUT2D eigenvalue weighted by atomic mass is 16.3. The lowest BCUT2D eigenvalue weighted by Crippen LogP contribution is -2.35. The van der Waals surface area contributed by atoms with Gasteiger partial charge in [0.05, 0.1) is 12.6 Å². The largest absolute Gasteiger partial charge is 0.394 e. The number of carbonyl (C=O) groups excluding carboxylic acids is 1. The Morgan fingerprint density at radius 3 is 3.00 bits per heavy atom. The SMILES string of the molecule is CC1C2CN(C=O)C(CO)C12. The van der Waals surface area contributed by atoms with Crippen LogP contribution in [0.2, 0.25) is 0 Å². The van der Waals surface area contributed by atoms with Crippen molar-refractivity contribution in [3.05, 3.63) is 0 Å². The predicted octanol–water partition coefficient (Wildman–Crippen LogP) is -0.299. The number of fused-ring (bicyclic) bond motifs is 1. The van der Waals surface area contributed by atoms with Gasteiger partial charge < -0.3 is 10.0 Å². The molecule has 0 radical (unpaired) electrons. The molecule has 1 aliphatic heterocycles. The average Bonchev–Trinajstić information content (AvgIpc) is 2.50. The van der Waals surface area contributed by atoms with Gasteiger partial charge in [0, 0.05) is 6.54 Å². The smallest absolute Gasteiger partial charge is 0.210 e. The Bertz CT molecular complexity index is 183. The van der Waals surface area contributed by atoms with E-state index in [0.717, 1.165) is 18.9 Å². The molecule has 1 N–H and O–H groups in total. The van der Waals surface area contributed by atoms with E-state index in [1.807, 2.05) is 0 Å². The van der Waals surface area contributed by atoms with Crippen LogP contribution in [-0.4, -0.2) is 35.6 Å². The van der Waals surface area contributed by atoms with Crippen molar-refractivity contribution >= 4 is 6.41 Å². The Morgan fingerprint density at radius 1 is 1.73 bits per heavy atom. The maximum atomic E-state index is 10.5. The van der Waals surface area contributed by atoms with Crippen LogP contribution in [0.25, 0.3) is 0 Å². The number of nitrogens with zero attached hydrogens (tertiary/aromatic N) is 1. The van der Waals surface area contributed by atoms with Crippen molar-refractivity contribution < 1.29 is 9.90 Å². The number of amides is 1. The van der Waals surface area contributed by atoms with E-state index in [9.17, 15) is 4.79 Å². The van der Waals surface area contributed by atoms with Crippen LogP contribution < -0.4 is 0 Å². The highest BCUT2D eigenvalue weighted by Gasteiger charge is 2.58. The molecule has 4 unspecified atom stereocenters. The molecule has 4 atom stereocenters. The minimum atomic E-state index is 0.118. The summed E-state index contributed by atoms with van der Waals surface area (Å²) in [4.78, 5) is 12.2. The number of aliphatic hydroxyl groups is 1. The van der Waals surface area contributed by atoms with Crippen molar-refractivity contribution in [2.24, 2.45) is 17.8 Å². The highest BCUT2D eigenvalue weighted by molar-refractivity contribution is 5.50. The monoisotopic (exact) mass is 155 g/mol. The van der Waals surface area contributed by atoms with Gasteiger partial charge in [-0.3, -0.25) is 4.79 Å². The van der Waals surface area contributed by atoms with Crippen LogP contribution in [0.3, 0.4) is 0 Å². The molecule has 3 nitrogen and oxygen atoms in total. The molecule has 3 heteroatoms. The van der Waals surface area contributed by atoms with Gasteiger partial charge in [-0.2, -0.15) is 0 Å². The molecule has 1 heterocycles. The van der Waals surface area contributed by atoms with Gasteiger partial charge in [0.1, 0.15) is 0 Å². The Morgan fingerprint density at radius 2 is 2.45 bits per heavy atom. The Kier molecular flexibility index (Phi) is 1.42. The van der Waals surface area contributed by atoms with Crippen LogP contribution in [0.15, 0.2) is 0 Å². The number of likely N-dealkylation sites (tertiary alicyclic amines) is 1. The highest BCUT2D eigenvalue weighted by Crippen LogP contribution is 2.54. The second-order valence-corrected chi connectivity index (χ2v) is 3.65. The summed E-state index contributed by atoms with van der Waals surface area (Å²) in [6.45, 7) is 3.19. The quantitative estimate of drug-likeness (QED) is 0.556. The van der Waals surface area contributed by atoms with Gasteiger partial charge >= 0.3 is 0 Å². The Balaban J connectivity index is 2.06. The van der Waals surface area contributed by atoms with Crippen molar-refractivity contribution in [3.63, 3.8) is 0 Å². The number of rotatable bonds is 2. The number of hydrogen-bond donors (Lipinski definition) is 1. The van der Waals surface area contributed by atoms with E-state index < -0.39 is 0 Å². The van der Waals surface area contributed by atoms with Gasteiger partial charge in [-0.25, -0.2) is 0 Å². The second kappa shape index (κ2) is 2.21. The second-order valence-electron chi connectivity index (χ2n) is 3.65. The molecule has 0 aromatic carbocycles. The zero-order valence-corrected chi connectivity index (χ0v) is 6.60. The fourth-order valence-corrected chi connectivity index (χ4v) is 2.45. The zero-order chi connectivity index (χ0) is 8.01. The van der Waals surface area contributed by atoms with Crippen LogP contribution in [0.4, 0.5) is 0 Å². The van der Waals surface area contributed by atoms with Gasteiger partial charge in [0.25, 0.3) is 0 Å². The summed E-state index contributed by atoms with van der Waals surface area (Å²) in [5.74, 6) is 1.99. The molecule has 62 valence electrons. The third-order valence-corrected chi connectivity index (χ3v) is 3.25. The maximum absolute atomic E-state index is 10.5. The normalized spacial score (nSPS) is 47.3. The van der Waals surface area contributed by atoms with E-state index in [2.05, 4.69) is 6.92 Å².